The minimum Gasteiger partial charge on any atom is -0.461 e. The molecule has 1 heterocycles. The van der Waals surface area contributed by atoms with Crippen LogP contribution in [0.5, 0.6) is 0 Å². The molecule has 3 aromatic rings. The zero-order valence-corrected chi connectivity index (χ0v) is 14.5. The molecule has 0 unspecified atom stereocenters. The summed E-state index contributed by atoms with van der Waals surface area (Å²) in [6.45, 7) is 2.76. The molecule has 1 N–H and O–H groups in total. The van der Waals surface area contributed by atoms with E-state index in [1.807, 2.05) is 54.6 Å². The van der Waals surface area contributed by atoms with Gasteiger partial charge >= 0.3 is 0 Å². The molecular weight excluding hydrogens is 310 g/mol. The van der Waals surface area contributed by atoms with Gasteiger partial charge in [-0.2, -0.15) is 0 Å². The maximum absolute atomic E-state index is 12.0. The van der Waals surface area contributed by atoms with Crippen molar-refractivity contribution >= 4 is 5.91 Å². The minimum atomic E-state index is 0.0613. The van der Waals surface area contributed by atoms with Gasteiger partial charge in [0, 0.05) is 24.9 Å². The van der Waals surface area contributed by atoms with Crippen LogP contribution in [0.25, 0.3) is 11.3 Å². The maximum Gasteiger partial charge on any atom is 0.220 e. The van der Waals surface area contributed by atoms with Crippen molar-refractivity contribution in [2.45, 2.75) is 26.2 Å². The summed E-state index contributed by atoms with van der Waals surface area (Å²) in [5.41, 5.74) is 3.60. The number of carbonyl (C=O) groups is 1. The van der Waals surface area contributed by atoms with Crippen molar-refractivity contribution in [1.82, 2.24) is 5.32 Å². The average molecular weight is 333 g/mol. The Hall–Kier alpha value is -2.81. The summed E-state index contributed by atoms with van der Waals surface area (Å²) < 4.78 is 5.83. The van der Waals surface area contributed by atoms with Crippen LogP contribution >= 0.6 is 0 Å². The number of aryl methyl sites for hydroxylation is 2. The predicted octanol–water partition coefficient (Wildman–Crippen LogP) is 4.55. The molecular formula is C22H23NO2. The van der Waals surface area contributed by atoms with Crippen molar-refractivity contribution < 1.29 is 9.21 Å². The van der Waals surface area contributed by atoms with E-state index in [4.69, 9.17) is 4.42 Å². The average Bonchev–Trinajstić information content (AvgIpc) is 3.11. The first kappa shape index (κ1) is 17.0. The van der Waals surface area contributed by atoms with Crippen molar-refractivity contribution in [3.05, 3.63) is 83.6 Å². The lowest BCUT2D eigenvalue weighted by atomic mass is 10.1. The smallest absolute Gasteiger partial charge is 0.220 e. The fraction of sp³-hybridized carbons (Fsp3) is 0.227. The van der Waals surface area contributed by atoms with E-state index < -0.39 is 0 Å². The Morgan fingerprint density at radius 2 is 1.68 bits per heavy atom. The van der Waals surface area contributed by atoms with Gasteiger partial charge in [-0.15, -0.1) is 0 Å². The van der Waals surface area contributed by atoms with E-state index in [0.717, 1.165) is 23.5 Å². The largest absolute Gasteiger partial charge is 0.461 e. The number of carbonyl (C=O) groups excluding carboxylic acids is 1. The molecule has 0 bridgehead atoms. The van der Waals surface area contributed by atoms with Gasteiger partial charge in [-0.05, 0) is 36.6 Å². The van der Waals surface area contributed by atoms with Crippen LogP contribution in [0.15, 0.2) is 71.1 Å². The SMILES string of the molecule is Cc1ccccc1CCNC(=O)CCc1ccc(-c2ccccc2)o1. The molecule has 1 aromatic heterocycles. The molecule has 0 fully saturated rings. The highest BCUT2D eigenvalue weighted by Crippen LogP contribution is 2.22. The first-order valence-corrected chi connectivity index (χ1v) is 8.68. The molecule has 3 heteroatoms. The van der Waals surface area contributed by atoms with Crippen molar-refractivity contribution in [2.24, 2.45) is 0 Å². The third-order valence-corrected chi connectivity index (χ3v) is 4.30. The number of amides is 1. The van der Waals surface area contributed by atoms with E-state index >= 15 is 0 Å². The van der Waals surface area contributed by atoms with Crippen molar-refractivity contribution in [3.63, 3.8) is 0 Å². The molecule has 3 nitrogen and oxygen atoms in total. The fourth-order valence-corrected chi connectivity index (χ4v) is 2.82. The molecule has 0 radical (unpaired) electrons. The van der Waals surface area contributed by atoms with Crippen LogP contribution in [-0.2, 0) is 17.6 Å². The summed E-state index contributed by atoms with van der Waals surface area (Å²) in [5.74, 6) is 1.75. The van der Waals surface area contributed by atoms with Crippen LogP contribution in [0.4, 0.5) is 0 Å². The van der Waals surface area contributed by atoms with Gasteiger partial charge < -0.3 is 9.73 Å². The van der Waals surface area contributed by atoms with Gasteiger partial charge in [0.05, 0.1) is 0 Å². The summed E-state index contributed by atoms with van der Waals surface area (Å²) in [5, 5.41) is 2.99. The molecule has 128 valence electrons. The highest BCUT2D eigenvalue weighted by Gasteiger charge is 2.07. The molecule has 3 rings (SSSR count). The molecule has 0 aliphatic carbocycles. The standard InChI is InChI=1S/C22H23NO2/c1-17-7-5-6-8-18(17)15-16-23-22(24)14-12-20-11-13-21(25-20)19-9-3-2-4-10-19/h2-11,13H,12,14-16H2,1H3,(H,23,24). The minimum absolute atomic E-state index is 0.0613. The lowest BCUT2D eigenvalue weighted by molar-refractivity contribution is -0.121. The van der Waals surface area contributed by atoms with Crippen LogP contribution in [0.3, 0.4) is 0 Å². The van der Waals surface area contributed by atoms with Crippen molar-refractivity contribution in [3.8, 4) is 11.3 Å². The summed E-state index contributed by atoms with van der Waals surface area (Å²) >= 11 is 0. The van der Waals surface area contributed by atoms with Gasteiger partial charge in [-0.1, -0.05) is 54.6 Å². The first-order chi connectivity index (χ1) is 12.2. The molecule has 25 heavy (non-hydrogen) atoms. The quantitative estimate of drug-likeness (QED) is 0.689. The lowest BCUT2D eigenvalue weighted by Crippen LogP contribution is -2.26. The second kappa shape index (κ2) is 8.34. The summed E-state index contributed by atoms with van der Waals surface area (Å²) in [6, 6.07) is 22.2. The number of nitrogens with one attached hydrogen (secondary N) is 1. The van der Waals surface area contributed by atoms with E-state index in [0.29, 0.717) is 19.4 Å². The van der Waals surface area contributed by atoms with Crippen LogP contribution in [0.1, 0.15) is 23.3 Å². The van der Waals surface area contributed by atoms with Crippen molar-refractivity contribution in [1.29, 1.82) is 0 Å². The molecule has 0 spiro atoms. The summed E-state index contributed by atoms with van der Waals surface area (Å²) in [7, 11) is 0. The fourth-order valence-electron chi connectivity index (χ4n) is 2.82. The van der Waals surface area contributed by atoms with Gasteiger partial charge in [-0.25, -0.2) is 0 Å². The van der Waals surface area contributed by atoms with Gasteiger partial charge in [-0.3, -0.25) is 4.79 Å². The van der Waals surface area contributed by atoms with E-state index in [-0.39, 0.29) is 5.91 Å². The van der Waals surface area contributed by atoms with Crippen LogP contribution in [-0.4, -0.2) is 12.5 Å². The Kier molecular flexibility index (Phi) is 5.68. The second-order valence-electron chi connectivity index (χ2n) is 6.16. The third kappa shape index (κ3) is 4.83. The lowest BCUT2D eigenvalue weighted by Gasteiger charge is -2.07. The second-order valence-corrected chi connectivity index (χ2v) is 6.16. The molecule has 0 saturated carbocycles. The normalized spacial score (nSPS) is 10.6. The number of hydrogen-bond donors (Lipinski definition) is 1. The van der Waals surface area contributed by atoms with Gasteiger partial charge in [0.25, 0.3) is 0 Å². The van der Waals surface area contributed by atoms with Gasteiger partial charge in [0.15, 0.2) is 0 Å². The van der Waals surface area contributed by atoms with Gasteiger partial charge in [0.2, 0.25) is 5.91 Å². The number of benzene rings is 2. The Morgan fingerprint density at radius 1 is 0.920 bits per heavy atom. The third-order valence-electron chi connectivity index (χ3n) is 4.30. The molecule has 0 saturated heterocycles. The highest BCUT2D eigenvalue weighted by atomic mass is 16.3. The number of furan rings is 1. The Labute approximate surface area is 148 Å². The number of rotatable bonds is 7. The molecule has 0 aliphatic rings. The Morgan fingerprint density at radius 3 is 2.48 bits per heavy atom. The summed E-state index contributed by atoms with van der Waals surface area (Å²) in [6.07, 6.45) is 1.91. The van der Waals surface area contributed by atoms with Crippen LogP contribution in [0.2, 0.25) is 0 Å². The van der Waals surface area contributed by atoms with E-state index in [1.54, 1.807) is 0 Å². The molecule has 2 aromatic carbocycles. The highest BCUT2D eigenvalue weighted by molar-refractivity contribution is 5.76. The Balaban J connectivity index is 1.44. The predicted molar refractivity (Wildman–Crippen MR) is 100 cm³/mol. The van der Waals surface area contributed by atoms with E-state index in [9.17, 15) is 4.79 Å². The summed E-state index contributed by atoms with van der Waals surface area (Å²) in [4.78, 5) is 12.0. The zero-order valence-electron chi connectivity index (χ0n) is 14.5. The first-order valence-electron chi connectivity index (χ1n) is 8.68. The number of hydrogen-bond acceptors (Lipinski definition) is 2. The topological polar surface area (TPSA) is 42.2 Å². The monoisotopic (exact) mass is 333 g/mol. The molecule has 0 aliphatic heterocycles. The van der Waals surface area contributed by atoms with Crippen LogP contribution < -0.4 is 5.32 Å². The Bertz CT molecular complexity index is 821. The van der Waals surface area contributed by atoms with Crippen molar-refractivity contribution in [2.75, 3.05) is 6.54 Å². The maximum atomic E-state index is 12.0. The van der Waals surface area contributed by atoms with Gasteiger partial charge in [0.1, 0.15) is 11.5 Å². The van der Waals surface area contributed by atoms with E-state index in [1.165, 1.54) is 11.1 Å². The van der Waals surface area contributed by atoms with E-state index in [2.05, 4.69) is 24.4 Å². The molecule has 0 atom stereocenters. The van der Waals surface area contributed by atoms with Crippen LogP contribution in [0, 0.1) is 6.92 Å². The zero-order chi connectivity index (χ0) is 17.5. The molecule has 1 amide bonds.